The second-order valence-corrected chi connectivity index (χ2v) is 14.4. The zero-order valence-electron chi connectivity index (χ0n) is 31.8. The molecule has 274 valence electrons. The number of hydrogen-bond acceptors (Lipinski definition) is 3. The number of nitrogens with zero attached hydrogens (tertiary/aromatic N) is 1. The van der Waals surface area contributed by atoms with Crippen LogP contribution in [0.15, 0.2) is 0 Å². The van der Waals surface area contributed by atoms with Crippen molar-refractivity contribution in [1.29, 1.82) is 0 Å². The van der Waals surface area contributed by atoms with Crippen LogP contribution in [0, 0.1) is 0 Å². The highest BCUT2D eigenvalue weighted by atomic mass is 16.5. The summed E-state index contributed by atoms with van der Waals surface area (Å²) in [6.07, 6.45) is 44.7. The Morgan fingerprint density at radius 2 is 0.587 bits per heavy atom. The number of amides is 1. The van der Waals surface area contributed by atoms with E-state index in [0.29, 0.717) is 19.7 Å². The van der Waals surface area contributed by atoms with Gasteiger partial charge in [0.25, 0.3) is 0 Å². The Kier molecular flexibility index (Phi) is 37.5. The summed E-state index contributed by atoms with van der Waals surface area (Å²) in [7, 11) is 0. The first kappa shape index (κ1) is 44.9. The fourth-order valence-electron chi connectivity index (χ4n) is 6.52. The van der Waals surface area contributed by atoms with Crippen LogP contribution in [-0.4, -0.2) is 36.5 Å². The fourth-order valence-corrected chi connectivity index (χ4v) is 6.52. The average molecular weight is 650 g/mol. The Labute approximate surface area is 289 Å². The van der Waals surface area contributed by atoms with E-state index in [1.54, 1.807) is 4.90 Å². The van der Waals surface area contributed by atoms with E-state index in [0.717, 1.165) is 38.5 Å². The molecule has 0 unspecified atom stereocenters. The van der Waals surface area contributed by atoms with Crippen LogP contribution in [-0.2, 0) is 14.3 Å². The second-order valence-electron chi connectivity index (χ2n) is 14.4. The quantitative estimate of drug-likeness (QED) is 0.0382. The molecule has 46 heavy (non-hydrogen) atoms. The molecule has 4 heteroatoms. The molecule has 0 fully saturated rings. The smallest absolute Gasteiger partial charge is 0.397 e. The molecule has 0 radical (unpaired) electrons. The van der Waals surface area contributed by atoms with Crippen LogP contribution < -0.4 is 0 Å². The lowest BCUT2D eigenvalue weighted by atomic mass is 10.0. The van der Waals surface area contributed by atoms with Crippen LogP contribution >= 0.6 is 0 Å². The van der Waals surface area contributed by atoms with Crippen molar-refractivity contribution in [1.82, 2.24) is 4.90 Å². The minimum atomic E-state index is -0.651. The van der Waals surface area contributed by atoms with Gasteiger partial charge in [0.05, 0.1) is 6.61 Å². The largest absolute Gasteiger partial charge is 0.459 e. The molecular formula is C42H83NO3. The molecule has 0 bridgehead atoms. The van der Waals surface area contributed by atoms with E-state index in [9.17, 15) is 9.59 Å². The number of ether oxygens (including phenoxy) is 1. The van der Waals surface area contributed by atoms with Crippen molar-refractivity contribution in [2.75, 3.05) is 19.7 Å². The van der Waals surface area contributed by atoms with Gasteiger partial charge in [-0.2, -0.15) is 0 Å². The van der Waals surface area contributed by atoms with E-state index in [2.05, 4.69) is 20.8 Å². The minimum absolute atomic E-state index is 0.354. The molecule has 0 rings (SSSR count). The van der Waals surface area contributed by atoms with Gasteiger partial charge in [-0.3, -0.25) is 4.79 Å². The van der Waals surface area contributed by atoms with Crippen LogP contribution in [0.5, 0.6) is 0 Å². The standard InChI is InChI=1S/C42H83NO3/c1-4-7-10-12-14-16-18-20-22-24-26-28-30-32-34-36-38-43(41(44)42(45)46-40-9-6-3)39-37-35-33-31-29-27-25-23-21-19-17-15-13-11-8-5-2/h4-40H2,1-3H3. The monoisotopic (exact) mass is 650 g/mol. The third-order valence-electron chi connectivity index (χ3n) is 9.76. The molecule has 0 N–H and O–H groups in total. The Balaban J connectivity index is 3.92. The number of rotatable bonds is 37. The molecule has 0 atom stereocenters. The molecule has 0 saturated heterocycles. The average Bonchev–Trinajstić information content (AvgIpc) is 3.06. The highest BCUT2D eigenvalue weighted by molar-refractivity contribution is 6.32. The lowest BCUT2D eigenvalue weighted by molar-refractivity contribution is -0.160. The van der Waals surface area contributed by atoms with Crippen LogP contribution in [0.2, 0.25) is 0 Å². The third-order valence-corrected chi connectivity index (χ3v) is 9.76. The zero-order valence-corrected chi connectivity index (χ0v) is 31.8. The maximum Gasteiger partial charge on any atom is 0.397 e. The predicted octanol–water partition coefficient (Wildman–Crippen LogP) is 13.7. The van der Waals surface area contributed by atoms with Gasteiger partial charge in [0.15, 0.2) is 0 Å². The van der Waals surface area contributed by atoms with Gasteiger partial charge < -0.3 is 9.64 Å². The number of carbonyl (C=O) groups excluding carboxylic acids is 2. The lowest BCUT2D eigenvalue weighted by Gasteiger charge is -2.22. The van der Waals surface area contributed by atoms with Crippen LogP contribution in [0.3, 0.4) is 0 Å². The summed E-state index contributed by atoms with van der Waals surface area (Å²) < 4.78 is 5.26. The molecule has 0 aromatic heterocycles. The Morgan fingerprint density at radius 3 is 0.848 bits per heavy atom. The first-order valence-corrected chi connectivity index (χ1v) is 21.1. The van der Waals surface area contributed by atoms with E-state index in [1.807, 2.05) is 0 Å². The molecule has 1 amide bonds. The molecule has 0 aromatic carbocycles. The van der Waals surface area contributed by atoms with E-state index < -0.39 is 11.9 Å². The van der Waals surface area contributed by atoms with E-state index in [4.69, 9.17) is 4.74 Å². The minimum Gasteiger partial charge on any atom is -0.459 e. The fraction of sp³-hybridized carbons (Fsp3) is 0.952. The van der Waals surface area contributed by atoms with Crippen molar-refractivity contribution in [3.8, 4) is 0 Å². The van der Waals surface area contributed by atoms with Crippen molar-refractivity contribution >= 4 is 11.9 Å². The molecule has 0 saturated carbocycles. The van der Waals surface area contributed by atoms with Crippen LogP contribution in [0.4, 0.5) is 0 Å². The Bertz CT molecular complexity index is 586. The molecule has 0 aromatic rings. The summed E-state index contributed by atoms with van der Waals surface area (Å²) in [6, 6.07) is 0. The topological polar surface area (TPSA) is 46.6 Å². The molecule has 4 nitrogen and oxygen atoms in total. The zero-order chi connectivity index (χ0) is 33.6. The van der Waals surface area contributed by atoms with Gasteiger partial charge >= 0.3 is 11.9 Å². The van der Waals surface area contributed by atoms with Crippen molar-refractivity contribution in [3.63, 3.8) is 0 Å². The summed E-state index contributed by atoms with van der Waals surface area (Å²) in [6.45, 7) is 8.38. The Morgan fingerprint density at radius 1 is 0.348 bits per heavy atom. The molecule has 0 aliphatic heterocycles. The maximum atomic E-state index is 12.9. The molecule has 0 aliphatic carbocycles. The predicted molar refractivity (Wildman–Crippen MR) is 202 cm³/mol. The van der Waals surface area contributed by atoms with Gasteiger partial charge in [0, 0.05) is 13.1 Å². The van der Waals surface area contributed by atoms with Crippen LogP contribution in [0.25, 0.3) is 0 Å². The van der Waals surface area contributed by atoms with E-state index in [-0.39, 0.29) is 0 Å². The normalized spacial score (nSPS) is 11.3. The SMILES string of the molecule is CCCCCCCCCCCCCCCCCCN(CCCCCCCCCCCCCCCCCC)C(=O)C(=O)OCCCC. The number of hydrogen-bond donors (Lipinski definition) is 0. The van der Waals surface area contributed by atoms with E-state index >= 15 is 0 Å². The Hall–Kier alpha value is -1.06. The van der Waals surface area contributed by atoms with Gasteiger partial charge in [-0.15, -0.1) is 0 Å². The number of unbranched alkanes of at least 4 members (excludes halogenated alkanes) is 31. The van der Waals surface area contributed by atoms with Crippen molar-refractivity contribution in [2.24, 2.45) is 0 Å². The molecular weight excluding hydrogens is 566 g/mol. The first-order valence-electron chi connectivity index (χ1n) is 21.1. The van der Waals surface area contributed by atoms with Gasteiger partial charge in [-0.1, -0.05) is 220 Å². The number of carbonyl (C=O) groups is 2. The van der Waals surface area contributed by atoms with Crippen molar-refractivity contribution < 1.29 is 14.3 Å². The van der Waals surface area contributed by atoms with Crippen LogP contribution in [0.1, 0.15) is 239 Å². The molecule has 0 aliphatic rings. The highest BCUT2D eigenvalue weighted by Gasteiger charge is 2.22. The summed E-state index contributed by atoms with van der Waals surface area (Å²) in [5.74, 6) is -1.07. The third kappa shape index (κ3) is 32.9. The molecule has 0 heterocycles. The summed E-state index contributed by atoms with van der Waals surface area (Å²) in [4.78, 5) is 27.1. The lowest BCUT2D eigenvalue weighted by Crippen LogP contribution is -2.39. The summed E-state index contributed by atoms with van der Waals surface area (Å²) in [5, 5.41) is 0. The second kappa shape index (κ2) is 38.4. The van der Waals surface area contributed by atoms with Crippen molar-refractivity contribution in [3.05, 3.63) is 0 Å². The first-order chi connectivity index (χ1) is 22.7. The maximum absolute atomic E-state index is 12.9. The highest BCUT2D eigenvalue weighted by Crippen LogP contribution is 2.16. The number of esters is 1. The van der Waals surface area contributed by atoms with Crippen molar-refractivity contribution in [2.45, 2.75) is 239 Å². The summed E-state index contributed by atoms with van der Waals surface area (Å²) in [5.41, 5.74) is 0. The molecule has 0 spiro atoms. The van der Waals surface area contributed by atoms with Gasteiger partial charge in [0.1, 0.15) is 0 Å². The van der Waals surface area contributed by atoms with Gasteiger partial charge in [0.2, 0.25) is 0 Å². The summed E-state index contributed by atoms with van der Waals surface area (Å²) >= 11 is 0. The van der Waals surface area contributed by atoms with E-state index in [1.165, 1.54) is 180 Å². The van der Waals surface area contributed by atoms with Gasteiger partial charge in [-0.05, 0) is 19.3 Å². The van der Waals surface area contributed by atoms with Gasteiger partial charge in [-0.25, -0.2) is 4.79 Å².